The molecule has 6 aromatic rings. The number of anilines is 1. The van der Waals surface area contributed by atoms with E-state index < -0.39 is 0 Å². The molecule has 8 heteroatoms. The molecule has 0 spiro atoms. The Bertz CT molecular complexity index is 1910. The Morgan fingerprint density at radius 3 is 2.62 bits per heavy atom. The van der Waals surface area contributed by atoms with Gasteiger partial charge >= 0.3 is 0 Å². The molecule has 2 aromatic carbocycles. The van der Waals surface area contributed by atoms with Crippen molar-refractivity contribution in [3.8, 4) is 33.8 Å². The number of fused-ring (bicyclic) bond motifs is 2. The Hall–Kier alpha value is -4.85. The number of hydrogen-bond acceptors (Lipinski definition) is 4. The summed E-state index contributed by atoms with van der Waals surface area (Å²) in [6.07, 6.45) is 11.8. The van der Waals surface area contributed by atoms with Crippen LogP contribution in [0.25, 0.3) is 55.6 Å². The van der Waals surface area contributed by atoms with Crippen LogP contribution in [0.2, 0.25) is 0 Å². The molecule has 3 N–H and O–H groups in total. The Labute approximate surface area is 242 Å². The number of pyridine rings is 2. The van der Waals surface area contributed by atoms with Crippen molar-refractivity contribution in [1.29, 1.82) is 0 Å². The topological polar surface area (TPSA) is 99.3 Å². The second-order valence-electron chi connectivity index (χ2n) is 11.4. The van der Waals surface area contributed by atoms with Gasteiger partial charge in [-0.25, -0.2) is 4.39 Å². The lowest BCUT2D eigenvalue weighted by molar-refractivity contribution is -0.117. The summed E-state index contributed by atoms with van der Waals surface area (Å²) in [5, 5.41) is 12.7. The molecular weight excluding hydrogens is 527 g/mol. The van der Waals surface area contributed by atoms with Crippen LogP contribution in [0.4, 0.5) is 10.1 Å². The van der Waals surface area contributed by atoms with Crippen LogP contribution in [-0.4, -0.2) is 31.1 Å². The Kier molecular flexibility index (Phi) is 6.74. The largest absolute Gasteiger partial charge is 0.353 e. The second kappa shape index (κ2) is 10.9. The van der Waals surface area contributed by atoms with Crippen LogP contribution in [0.3, 0.4) is 0 Å². The van der Waals surface area contributed by atoms with Crippen molar-refractivity contribution in [2.24, 2.45) is 5.92 Å². The first-order chi connectivity index (χ1) is 20.5. The highest BCUT2D eigenvalue weighted by atomic mass is 19.1. The zero-order chi connectivity index (χ0) is 28.6. The van der Waals surface area contributed by atoms with E-state index in [0.717, 1.165) is 68.3 Å². The van der Waals surface area contributed by atoms with E-state index in [1.165, 1.54) is 31.4 Å². The van der Waals surface area contributed by atoms with Gasteiger partial charge in [-0.1, -0.05) is 25.3 Å². The standard InChI is InChI=1S/C34H31FN6O/c1-20-11-23(14-25(35)12-20)33-28-17-31(39-29(28)9-10-37-33)34-27-16-22(7-8-30(27)40-41-34)24-15-26(19-36-18-24)38-32(42)13-21-5-3-2-4-6-21/h7-12,14-19,21,39H,2-6,13H2,1H3,(H,38,42)(H,40,41). The highest BCUT2D eigenvalue weighted by molar-refractivity contribution is 6.01. The Balaban J connectivity index is 1.20. The predicted molar refractivity (Wildman–Crippen MR) is 164 cm³/mol. The van der Waals surface area contributed by atoms with Gasteiger partial charge in [0.15, 0.2) is 0 Å². The van der Waals surface area contributed by atoms with Gasteiger partial charge < -0.3 is 10.3 Å². The molecule has 0 radical (unpaired) electrons. The maximum atomic E-state index is 14.2. The van der Waals surface area contributed by atoms with Crippen molar-refractivity contribution in [3.63, 3.8) is 0 Å². The maximum Gasteiger partial charge on any atom is 0.224 e. The number of carbonyl (C=O) groups is 1. The Morgan fingerprint density at radius 2 is 1.76 bits per heavy atom. The van der Waals surface area contributed by atoms with E-state index in [0.29, 0.717) is 23.7 Å². The van der Waals surface area contributed by atoms with Crippen LogP contribution in [0.15, 0.2) is 73.2 Å². The summed E-state index contributed by atoms with van der Waals surface area (Å²) >= 11 is 0. The van der Waals surface area contributed by atoms with Gasteiger partial charge in [0.2, 0.25) is 5.91 Å². The summed E-state index contributed by atoms with van der Waals surface area (Å²) < 4.78 is 14.2. The molecule has 4 heterocycles. The van der Waals surface area contributed by atoms with Crippen LogP contribution >= 0.6 is 0 Å². The number of H-pyrrole nitrogens is 2. The van der Waals surface area contributed by atoms with Crippen molar-refractivity contribution in [3.05, 3.63) is 84.6 Å². The van der Waals surface area contributed by atoms with Crippen molar-refractivity contribution in [2.45, 2.75) is 45.4 Å². The van der Waals surface area contributed by atoms with Crippen molar-refractivity contribution >= 4 is 33.4 Å². The summed E-state index contributed by atoms with van der Waals surface area (Å²) in [5.74, 6) is 0.244. The molecule has 0 saturated heterocycles. The lowest BCUT2D eigenvalue weighted by Gasteiger charge is -2.20. The van der Waals surface area contributed by atoms with E-state index in [2.05, 4.69) is 36.5 Å². The smallest absolute Gasteiger partial charge is 0.224 e. The summed E-state index contributed by atoms with van der Waals surface area (Å²) in [6.45, 7) is 1.87. The van der Waals surface area contributed by atoms with Gasteiger partial charge in [0.1, 0.15) is 11.5 Å². The molecule has 1 fully saturated rings. The lowest BCUT2D eigenvalue weighted by Crippen LogP contribution is -2.18. The van der Waals surface area contributed by atoms with E-state index in [4.69, 9.17) is 0 Å². The fourth-order valence-corrected chi connectivity index (χ4v) is 6.22. The van der Waals surface area contributed by atoms with Gasteiger partial charge in [0.25, 0.3) is 0 Å². The molecule has 0 atom stereocenters. The normalized spacial score (nSPS) is 14.0. The number of amides is 1. The first kappa shape index (κ1) is 26.1. The number of aromatic amines is 2. The molecule has 0 bridgehead atoms. The van der Waals surface area contributed by atoms with Gasteiger partial charge in [-0.05, 0) is 85.3 Å². The number of aryl methyl sites for hydroxylation is 1. The van der Waals surface area contributed by atoms with Gasteiger partial charge in [-0.3, -0.25) is 19.9 Å². The third-order valence-electron chi connectivity index (χ3n) is 8.24. The number of aromatic nitrogens is 5. The third-order valence-corrected chi connectivity index (χ3v) is 8.24. The fraction of sp³-hybridized carbons (Fsp3) is 0.235. The molecule has 1 aliphatic carbocycles. The number of nitrogens with zero attached hydrogens (tertiary/aromatic N) is 3. The molecular formula is C34H31FN6O. The number of halogens is 1. The number of rotatable bonds is 6. The molecule has 4 aromatic heterocycles. The lowest BCUT2D eigenvalue weighted by atomic mass is 9.87. The first-order valence-corrected chi connectivity index (χ1v) is 14.5. The van der Waals surface area contributed by atoms with Crippen molar-refractivity contribution < 1.29 is 9.18 Å². The monoisotopic (exact) mass is 558 g/mol. The fourth-order valence-electron chi connectivity index (χ4n) is 6.22. The van der Waals surface area contributed by atoms with Gasteiger partial charge in [-0.2, -0.15) is 5.10 Å². The SMILES string of the molecule is Cc1cc(F)cc(-c2nccc3[nH]c(-c4n[nH]c5ccc(-c6cncc(NC(=O)CC7CCCCC7)c6)cc45)cc23)c1. The number of hydrogen-bond donors (Lipinski definition) is 3. The minimum Gasteiger partial charge on any atom is -0.353 e. The van der Waals surface area contributed by atoms with Crippen molar-refractivity contribution in [2.75, 3.05) is 5.32 Å². The average Bonchev–Trinajstić information content (AvgIpc) is 3.61. The Morgan fingerprint density at radius 1 is 0.905 bits per heavy atom. The molecule has 7 rings (SSSR count). The summed E-state index contributed by atoms with van der Waals surface area (Å²) in [7, 11) is 0. The van der Waals surface area contributed by atoms with Gasteiger partial charge in [-0.15, -0.1) is 0 Å². The minimum absolute atomic E-state index is 0.0505. The third kappa shape index (κ3) is 5.16. The molecule has 1 aliphatic rings. The molecule has 42 heavy (non-hydrogen) atoms. The highest BCUT2D eigenvalue weighted by Gasteiger charge is 2.18. The van der Waals surface area contributed by atoms with Crippen molar-refractivity contribution in [1.82, 2.24) is 25.1 Å². The molecule has 1 amide bonds. The van der Waals surface area contributed by atoms with E-state index in [-0.39, 0.29) is 11.7 Å². The van der Waals surface area contributed by atoms with Crippen LogP contribution < -0.4 is 5.32 Å². The van der Waals surface area contributed by atoms with Gasteiger partial charge in [0, 0.05) is 46.2 Å². The molecule has 210 valence electrons. The van der Waals surface area contributed by atoms with E-state index in [1.807, 2.05) is 43.3 Å². The number of benzene rings is 2. The minimum atomic E-state index is -0.285. The van der Waals surface area contributed by atoms with Gasteiger partial charge in [0.05, 0.1) is 28.8 Å². The summed E-state index contributed by atoms with van der Waals surface area (Å²) in [6, 6.07) is 17.0. The summed E-state index contributed by atoms with van der Waals surface area (Å²) in [4.78, 5) is 25.2. The highest BCUT2D eigenvalue weighted by Crippen LogP contribution is 2.35. The van der Waals surface area contributed by atoms with Crippen LogP contribution in [-0.2, 0) is 4.79 Å². The molecule has 0 unspecified atom stereocenters. The second-order valence-corrected chi connectivity index (χ2v) is 11.4. The zero-order valence-corrected chi connectivity index (χ0v) is 23.4. The molecule has 0 aliphatic heterocycles. The van der Waals surface area contributed by atoms with E-state index in [1.54, 1.807) is 18.6 Å². The number of nitrogens with one attached hydrogen (secondary N) is 3. The van der Waals surface area contributed by atoms with Crippen LogP contribution in [0.5, 0.6) is 0 Å². The average molecular weight is 559 g/mol. The summed E-state index contributed by atoms with van der Waals surface area (Å²) in [5.41, 5.74) is 8.26. The van der Waals surface area contributed by atoms with Crippen LogP contribution in [0.1, 0.15) is 44.1 Å². The predicted octanol–water partition coefficient (Wildman–Crippen LogP) is 8.19. The van der Waals surface area contributed by atoms with E-state index in [9.17, 15) is 9.18 Å². The van der Waals surface area contributed by atoms with Crippen LogP contribution in [0, 0.1) is 18.7 Å². The molecule has 1 saturated carbocycles. The zero-order valence-electron chi connectivity index (χ0n) is 23.4. The molecule has 7 nitrogen and oxygen atoms in total. The van der Waals surface area contributed by atoms with E-state index >= 15 is 0 Å². The quantitative estimate of drug-likeness (QED) is 0.192. The maximum absolute atomic E-state index is 14.2. The number of carbonyl (C=O) groups excluding carboxylic acids is 1. The first-order valence-electron chi connectivity index (χ1n) is 14.5.